The van der Waals surface area contributed by atoms with E-state index in [0.717, 1.165) is 19.5 Å². The number of carbonyl (C=O) groups excluding carboxylic acids is 1. The fourth-order valence-electron chi connectivity index (χ4n) is 3.23. The van der Waals surface area contributed by atoms with Crippen LogP contribution < -0.4 is 10.6 Å². The second-order valence-electron chi connectivity index (χ2n) is 6.04. The van der Waals surface area contributed by atoms with Gasteiger partial charge in [-0.15, -0.1) is 11.3 Å². The standard InChI is InChI=1S/C15H22N2OS/c1-10-7-12(19-11(10)2)9-17-14(18)13-8-15(13)3-5-16-6-4-15/h7,13,16H,3-6,8-9H2,1-2H3,(H,17,18). The van der Waals surface area contributed by atoms with Gasteiger partial charge in [-0.1, -0.05) is 0 Å². The Morgan fingerprint density at radius 3 is 2.84 bits per heavy atom. The van der Waals surface area contributed by atoms with Crippen molar-refractivity contribution in [1.29, 1.82) is 0 Å². The van der Waals surface area contributed by atoms with Crippen LogP contribution in [-0.2, 0) is 11.3 Å². The topological polar surface area (TPSA) is 41.1 Å². The van der Waals surface area contributed by atoms with E-state index in [0.29, 0.717) is 12.0 Å². The minimum absolute atomic E-state index is 0.269. The zero-order valence-electron chi connectivity index (χ0n) is 11.7. The molecule has 3 nitrogen and oxygen atoms in total. The summed E-state index contributed by atoms with van der Waals surface area (Å²) >= 11 is 1.79. The van der Waals surface area contributed by atoms with Gasteiger partial charge in [0.25, 0.3) is 0 Å². The molecule has 3 rings (SSSR count). The summed E-state index contributed by atoms with van der Waals surface area (Å²) in [5.74, 6) is 0.544. The van der Waals surface area contributed by atoms with E-state index in [9.17, 15) is 4.79 Å². The van der Waals surface area contributed by atoms with Crippen LogP contribution in [0, 0.1) is 25.2 Å². The predicted molar refractivity (Wildman–Crippen MR) is 78.3 cm³/mol. The Kier molecular flexibility index (Phi) is 3.39. The summed E-state index contributed by atoms with van der Waals surface area (Å²) in [5, 5.41) is 6.50. The number of hydrogen-bond acceptors (Lipinski definition) is 3. The molecule has 1 aromatic rings. The number of piperidine rings is 1. The maximum atomic E-state index is 12.2. The molecule has 1 aliphatic carbocycles. The zero-order chi connectivity index (χ0) is 13.5. The van der Waals surface area contributed by atoms with E-state index in [1.54, 1.807) is 11.3 Å². The van der Waals surface area contributed by atoms with Gasteiger partial charge < -0.3 is 10.6 Å². The highest BCUT2D eigenvalue weighted by molar-refractivity contribution is 7.12. The number of rotatable bonds is 3. The smallest absolute Gasteiger partial charge is 0.223 e. The van der Waals surface area contributed by atoms with Crippen molar-refractivity contribution in [3.63, 3.8) is 0 Å². The Balaban J connectivity index is 1.52. The fourth-order valence-corrected chi connectivity index (χ4v) is 4.22. The summed E-state index contributed by atoms with van der Waals surface area (Å²) in [7, 11) is 0. The molecule has 19 heavy (non-hydrogen) atoms. The molecule has 1 spiro atoms. The maximum absolute atomic E-state index is 12.2. The Labute approximate surface area is 118 Å². The Hall–Kier alpha value is -0.870. The lowest BCUT2D eigenvalue weighted by molar-refractivity contribution is -0.123. The second kappa shape index (κ2) is 4.91. The Morgan fingerprint density at radius 2 is 2.21 bits per heavy atom. The van der Waals surface area contributed by atoms with Crippen LogP contribution in [0.4, 0.5) is 0 Å². The first kappa shape index (κ1) is 13.1. The molecule has 0 bridgehead atoms. The number of nitrogens with one attached hydrogen (secondary N) is 2. The average molecular weight is 278 g/mol. The quantitative estimate of drug-likeness (QED) is 0.891. The molecular formula is C15H22N2OS. The summed E-state index contributed by atoms with van der Waals surface area (Å²) in [6, 6.07) is 2.19. The highest BCUT2D eigenvalue weighted by Crippen LogP contribution is 2.58. The van der Waals surface area contributed by atoms with Crippen LogP contribution in [0.25, 0.3) is 0 Å². The minimum Gasteiger partial charge on any atom is -0.351 e. The molecule has 1 unspecified atom stereocenters. The van der Waals surface area contributed by atoms with Gasteiger partial charge in [0.05, 0.1) is 6.54 Å². The van der Waals surface area contributed by atoms with Crippen molar-refractivity contribution in [2.75, 3.05) is 13.1 Å². The molecule has 2 aliphatic rings. The van der Waals surface area contributed by atoms with Gasteiger partial charge in [0.15, 0.2) is 0 Å². The minimum atomic E-state index is 0.269. The Bertz CT molecular complexity index is 469. The van der Waals surface area contributed by atoms with Crippen molar-refractivity contribution in [3.05, 3.63) is 21.4 Å². The molecule has 0 radical (unpaired) electrons. The van der Waals surface area contributed by atoms with Crippen molar-refractivity contribution in [1.82, 2.24) is 10.6 Å². The number of amides is 1. The van der Waals surface area contributed by atoms with Crippen molar-refractivity contribution in [2.45, 2.75) is 39.7 Å². The molecule has 1 atom stereocenters. The number of carbonyl (C=O) groups is 1. The van der Waals surface area contributed by atoms with Crippen LogP contribution in [0.1, 0.15) is 34.6 Å². The third kappa shape index (κ3) is 2.56. The van der Waals surface area contributed by atoms with E-state index in [-0.39, 0.29) is 11.8 Å². The normalized spacial score (nSPS) is 24.4. The van der Waals surface area contributed by atoms with Crippen LogP contribution in [0.2, 0.25) is 0 Å². The largest absolute Gasteiger partial charge is 0.351 e. The monoisotopic (exact) mass is 278 g/mol. The highest BCUT2D eigenvalue weighted by Gasteiger charge is 2.57. The molecule has 4 heteroatoms. The Morgan fingerprint density at radius 1 is 1.47 bits per heavy atom. The van der Waals surface area contributed by atoms with E-state index >= 15 is 0 Å². The molecule has 1 saturated heterocycles. The molecule has 2 N–H and O–H groups in total. The van der Waals surface area contributed by atoms with Crippen LogP contribution in [0.5, 0.6) is 0 Å². The summed E-state index contributed by atoms with van der Waals surface area (Å²) in [6.45, 7) is 7.11. The van der Waals surface area contributed by atoms with Crippen LogP contribution >= 0.6 is 11.3 Å². The van der Waals surface area contributed by atoms with Gasteiger partial charge in [0, 0.05) is 15.7 Å². The van der Waals surface area contributed by atoms with Gasteiger partial charge >= 0.3 is 0 Å². The van der Waals surface area contributed by atoms with Gasteiger partial charge in [-0.3, -0.25) is 4.79 Å². The van der Waals surface area contributed by atoms with Crippen LogP contribution in [0.3, 0.4) is 0 Å². The number of thiophene rings is 1. The summed E-state index contributed by atoms with van der Waals surface area (Å²) in [5.41, 5.74) is 1.67. The zero-order valence-corrected chi connectivity index (χ0v) is 12.5. The molecule has 1 aliphatic heterocycles. The third-order valence-corrected chi connectivity index (χ3v) is 5.91. The molecule has 1 saturated carbocycles. The molecule has 104 valence electrons. The first-order valence-electron chi connectivity index (χ1n) is 7.15. The van der Waals surface area contributed by atoms with Crippen molar-refractivity contribution in [3.8, 4) is 0 Å². The van der Waals surface area contributed by atoms with Crippen LogP contribution in [0.15, 0.2) is 6.07 Å². The molecule has 2 fully saturated rings. The lowest BCUT2D eigenvalue weighted by Gasteiger charge is -2.23. The first-order valence-corrected chi connectivity index (χ1v) is 7.97. The first-order chi connectivity index (χ1) is 9.11. The van der Waals surface area contributed by atoms with E-state index in [2.05, 4.69) is 30.5 Å². The van der Waals surface area contributed by atoms with E-state index in [1.165, 1.54) is 28.2 Å². The third-order valence-electron chi connectivity index (χ3n) is 4.76. The summed E-state index contributed by atoms with van der Waals surface area (Å²) in [4.78, 5) is 14.8. The molecule has 2 heterocycles. The average Bonchev–Trinajstić information content (AvgIpc) is 2.99. The van der Waals surface area contributed by atoms with Gasteiger partial charge in [-0.25, -0.2) is 0 Å². The lowest BCUT2D eigenvalue weighted by Crippen LogP contribution is -2.33. The van der Waals surface area contributed by atoms with Crippen molar-refractivity contribution in [2.24, 2.45) is 11.3 Å². The van der Waals surface area contributed by atoms with Gasteiger partial charge in [-0.2, -0.15) is 0 Å². The summed E-state index contributed by atoms with van der Waals surface area (Å²) < 4.78 is 0. The molecular weight excluding hydrogens is 256 g/mol. The molecule has 1 aromatic heterocycles. The van der Waals surface area contributed by atoms with E-state index in [4.69, 9.17) is 0 Å². The van der Waals surface area contributed by atoms with Crippen molar-refractivity contribution < 1.29 is 4.79 Å². The number of hydrogen-bond donors (Lipinski definition) is 2. The predicted octanol–water partition coefficient (Wildman–Crippen LogP) is 2.37. The number of aryl methyl sites for hydroxylation is 2. The highest BCUT2D eigenvalue weighted by atomic mass is 32.1. The van der Waals surface area contributed by atoms with Gasteiger partial charge in [0.2, 0.25) is 5.91 Å². The lowest BCUT2D eigenvalue weighted by atomic mass is 9.92. The molecule has 1 amide bonds. The molecule has 0 aromatic carbocycles. The second-order valence-corrected chi connectivity index (χ2v) is 7.38. The van der Waals surface area contributed by atoms with Crippen LogP contribution in [-0.4, -0.2) is 19.0 Å². The SMILES string of the molecule is Cc1cc(CNC(=O)C2CC23CCNCC3)sc1C. The van der Waals surface area contributed by atoms with E-state index < -0.39 is 0 Å². The maximum Gasteiger partial charge on any atom is 0.223 e. The fraction of sp³-hybridized carbons (Fsp3) is 0.667. The summed E-state index contributed by atoms with van der Waals surface area (Å²) in [6.07, 6.45) is 3.44. The van der Waals surface area contributed by atoms with Gasteiger partial charge in [0.1, 0.15) is 0 Å². The van der Waals surface area contributed by atoms with E-state index in [1.807, 2.05) is 0 Å². The van der Waals surface area contributed by atoms with Gasteiger partial charge in [-0.05, 0) is 63.2 Å². The van der Waals surface area contributed by atoms with Crippen molar-refractivity contribution >= 4 is 17.2 Å².